The zero-order chi connectivity index (χ0) is 17.8. The van der Waals surface area contributed by atoms with Crippen LogP contribution in [0, 0.1) is 0 Å². The molecule has 1 atom stereocenters. The summed E-state index contributed by atoms with van der Waals surface area (Å²) in [4.78, 5) is 35.0. The Morgan fingerprint density at radius 3 is 2.46 bits per heavy atom. The van der Waals surface area contributed by atoms with Crippen molar-refractivity contribution in [2.75, 3.05) is 18.4 Å². The summed E-state index contributed by atoms with van der Waals surface area (Å²) in [5.74, 6) is -0.829. The first-order valence-electron chi connectivity index (χ1n) is 7.97. The van der Waals surface area contributed by atoms with Crippen molar-refractivity contribution in [3.63, 3.8) is 0 Å². The fourth-order valence-electron chi connectivity index (χ4n) is 2.73. The summed E-state index contributed by atoms with van der Waals surface area (Å²) in [7, 11) is 0. The van der Waals surface area contributed by atoms with Crippen molar-refractivity contribution in [3.8, 4) is 0 Å². The number of carbonyl (C=O) groups is 2. The number of amides is 2. The summed E-state index contributed by atoms with van der Waals surface area (Å²) in [6.45, 7) is 1.05. The molecule has 2 aromatic rings. The number of nitrogens with two attached hydrogens (primary N) is 1. The molecule has 26 heavy (non-hydrogen) atoms. The van der Waals surface area contributed by atoms with Crippen molar-refractivity contribution in [1.29, 1.82) is 0 Å². The number of halogens is 2. The molecular formula is C17H19Cl2N5O2. The van der Waals surface area contributed by atoms with Crippen LogP contribution < -0.4 is 11.1 Å². The predicted molar refractivity (Wildman–Crippen MR) is 102 cm³/mol. The number of hydrogen-bond acceptors (Lipinski definition) is 5. The molecule has 138 valence electrons. The maximum atomic E-state index is 12.7. The normalized spacial score (nSPS) is 16.5. The fourth-order valence-corrected chi connectivity index (χ4v) is 2.85. The van der Waals surface area contributed by atoms with Crippen LogP contribution in [0.1, 0.15) is 33.8 Å². The number of aromatic nitrogens is 2. The molecule has 1 unspecified atom stereocenters. The Morgan fingerprint density at radius 2 is 1.81 bits per heavy atom. The molecule has 3 N–H and O–H groups in total. The van der Waals surface area contributed by atoms with E-state index in [1.165, 1.54) is 12.4 Å². The summed E-state index contributed by atoms with van der Waals surface area (Å²) in [6, 6.07) is 6.61. The largest absolute Gasteiger partial charge is 0.336 e. The van der Waals surface area contributed by atoms with Gasteiger partial charge in [-0.1, -0.05) is 11.6 Å². The summed E-state index contributed by atoms with van der Waals surface area (Å²) in [5.41, 5.74) is 6.51. The van der Waals surface area contributed by atoms with Gasteiger partial charge in [0, 0.05) is 42.2 Å². The van der Waals surface area contributed by atoms with Gasteiger partial charge in [-0.05, 0) is 37.1 Å². The number of carbonyl (C=O) groups excluding carboxylic acids is 2. The van der Waals surface area contributed by atoms with Crippen LogP contribution in [0.2, 0.25) is 5.02 Å². The Morgan fingerprint density at radius 1 is 1.15 bits per heavy atom. The number of nitrogens with one attached hydrogen (secondary N) is 1. The molecule has 9 heteroatoms. The van der Waals surface area contributed by atoms with Crippen molar-refractivity contribution in [3.05, 3.63) is 53.1 Å². The molecule has 1 aliphatic rings. The number of nitrogens with zero attached hydrogens (tertiary/aromatic N) is 3. The topological polar surface area (TPSA) is 101 Å². The van der Waals surface area contributed by atoms with Gasteiger partial charge in [-0.25, -0.2) is 9.97 Å². The second kappa shape index (κ2) is 8.93. The van der Waals surface area contributed by atoms with Crippen LogP contribution in [0.15, 0.2) is 36.7 Å². The Balaban J connectivity index is 0.00000243. The number of hydrogen-bond donors (Lipinski definition) is 2. The molecule has 1 saturated heterocycles. The van der Waals surface area contributed by atoms with Crippen LogP contribution in [0.25, 0.3) is 0 Å². The van der Waals surface area contributed by atoms with Gasteiger partial charge in [-0.3, -0.25) is 9.59 Å². The highest BCUT2D eigenvalue weighted by atomic mass is 35.5. The minimum absolute atomic E-state index is 0. The summed E-state index contributed by atoms with van der Waals surface area (Å²) < 4.78 is 0. The molecule has 0 saturated carbocycles. The number of rotatable bonds is 3. The molecule has 2 heterocycles. The van der Waals surface area contributed by atoms with Gasteiger partial charge in [0.05, 0.1) is 0 Å². The highest BCUT2D eigenvalue weighted by Crippen LogP contribution is 2.16. The maximum Gasteiger partial charge on any atom is 0.276 e. The highest BCUT2D eigenvalue weighted by Gasteiger charge is 2.27. The molecule has 1 aliphatic heterocycles. The van der Waals surface area contributed by atoms with Crippen LogP contribution in [0.4, 0.5) is 5.69 Å². The van der Waals surface area contributed by atoms with Gasteiger partial charge in [0.2, 0.25) is 0 Å². The monoisotopic (exact) mass is 395 g/mol. The molecule has 1 aromatic carbocycles. The van der Waals surface area contributed by atoms with E-state index in [1.54, 1.807) is 29.2 Å². The zero-order valence-corrected chi connectivity index (χ0v) is 15.5. The van der Waals surface area contributed by atoms with E-state index in [9.17, 15) is 9.59 Å². The van der Waals surface area contributed by atoms with Crippen LogP contribution in [0.3, 0.4) is 0 Å². The second-order valence-electron chi connectivity index (χ2n) is 5.87. The third-order valence-corrected chi connectivity index (χ3v) is 4.22. The van der Waals surface area contributed by atoms with Crippen molar-refractivity contribution in [2.45, 2.75) is 18.9 Å². The minimum Gasteiger partial charge on any atom is -0.336 e. The summed E-state index contributed by atoms with van der Waals surface area (Å²) >= 11 is 5.83. The Kier molecular flexibility index (Phi) is 6.90. The van der Waals surface area contributed by atoms with Crippen molar-refractivity contribution in [1.82, 2.24) is 14.9 Å². The molecule has 3 rings (SSSR count). The van der Waals surface area contributed by atoms with Gasteiger partial charge in [0.1, 0.15) is 0 Å². The lowest BCUT2D eigenvalue weighted by atomic mass is 10.1. The number of benzene rings is 1. The van der Waals surface area contributed by atoms with Crippen molar-refractivity contribution in [2.24, 2.45) is 5.73 Å². The molecule has 0 radical (unpaired) electrons. The first-order chi connectivity index (χ1) is 12.0. The first-order valence-corrected chi connectivity index (χ1v) is 8.35. The number of likely N-dealkylation sites (tertiary alicyclic amines) is 1. The van der Waals surface area contributed by atoms with Gasteiger partial charge in [0.15, 0.2) is 11.4 Å². The molecule has 2 amide bonds. The smallest absolute Gasteiger partial charge is 0.276 e. The highest BCUT2D eigenvalue weighted by molar-refractivity contribution is 6.30. The van der Waals surface area contributed by atoms with Gasteiger partial charge >= 0.3 is 0 Å². The third kappa shape index (κ3) is 4.69. The van der Waals surface area contributed by atoms with Gasteiger partial charge < -0.3 is 16.0 Å². The number of piperidine rings is 1. The van der Waals surface area contributed by atoms with Crippen LogP contribution in [0.5, 0.6) is 0 Å². The predicted octanol–water partition coefficient (Wildman–Crippen LogP) is 2.37. The first kappa shape index (κ1) is 20.1. The second-order valence-corrected chi connectivity index (χ2v) is 6.30. The van der Waals surface area contributed by atoms with E-state index in [2.05, 4.69) is 15.3 Å². The minimum atomic E-state index is -0.500. The van der Waals surface area contributed by atoms with E-state index >= 15 is 0 Å². The van der Waals surface area contributed by atoms with E-state index in [1.807, 2.05) is 0 Å². The van der Waals surface area contributed by atoms with E-state index in [0.717, 1.165) is 12.8 Å². The Hall–Kier alpha value is -2.22. The quantitative estimate of drug-likeness (QED) is 0.830. The van der Waals surface area contributed by atoms with E-state index < -0.39 is 5.91 Å². The van der Waals surface area contributed by atoms with Gasteiger partial charge in [-0.2, -0.15) is 0 Å². The lowest BCUT2D eigenvalue weighted by Crippen LogP contribution is -2.46. The average Bonchev–Trinajstić information content (AvgIpc) is 2.63. The zero-order valence-electron chi connectivity index (χ0n) is 13.9. The molecule has 1 fully saturated rings. The lowest BCUT2D eigenvalue weighted by Gasteiger charge is -2.30. The SMILES string of the molecule is Cl.NC1CCCN(C(=O)c2nccnc2C(=O)Nc2ccc(Cl)cc2)C1. The molecule has 7 nitrogen and oxygen atoms in total. The summed E-state index contributed by atoms with van der Waals surface area (Å²) in [5, 5.41) is 3.26. The molecule has 1 aromatic heterocycles. The third-order valence-electron chi connectivity index (χ3n) is 3.96. The molecule has 0 aliphatic carbocycles. The molecule has 0 bridgehead atoms. The van der Waals surface area contributed by atoms with E-state index in [4.69, 9.17) is 17.3 Å². The van der Waals surface area contributed by atoms with Crippen LogP contribution in [-0.4, -0.2) is 45.8 Å². The van der Waals surface area contributed by atoms with Gasteiger partial charge in [0.25, 0.3) is 11.8 Å². The lowest BCUT2D eigenvalue weighted by molar-refractivity contribution is 0.0698. The standard InChI is InChI=1S/C17H18ClN5O2.ClH/c18-11-3-5-13(6-4-11)22-16(24)14-15(21-8-7-20-14)17(25)23-9-1-2-12(19)10-23;/h3-8,12H,1-2,9-10,19H2,(H,22,24);1H. The van der Waals surface area contributed by atoms with E-state index in [-0.39, 0.29) is 35.7 Å². The number of anilines is 1. The maximum absolute atomic E-state index is 12.7. The van der Waals surface area contributed by atoms with Crippen LogP contribution >= 0.6 is 24.0 Å². The Bertz CT molecular complexity index is 785. The van der Waals surface area contributed by atoms with Crippen molar-refractivity contribution >= 4 is 41.5 Å². The van der Waals surface area contributed by atoms with Crippen LogP contribution in [-0.2, 0) is 0 Å². The average molecular weight is 396 g/mol. The summed E-state index contributed by atoms with van der Waals surface area (Å²) in [6.07, 6.45) is 4.50. The van der Waals surface area contributed by atoms with E-state index in [0.29, 0.717) is 23.8 Å². The fraction of sp³-hybridized carbons (Fsp3) is 0.294. The molecular weight excluding hydrogens is 377 g/mol. The molecule has 0 spiro atoms. The van der Waals surface area contributed by atoms with Gasteiger partial charge in [-0.15, -0.1) is 12.4 Å². The Labute approximate surface area is 162 Å². The van der Waals surface area contributed by atoms with Crippen molar-refractivity contribution < 1.29 is 9.59 Å².